The Morgan fingerprint density at radius 1 is 0.829 bits per heavy atom. The number of aromatic nitrogens is 3. The van der Waals surface area contributed by atoms with Crippen molar-refractivity contribution < 1.29 is 19.7 Å². The van der Waals surface area contributed by atoms with Gasteiger partial charge in [0.05, 0.1) is 37.7 Å². The van der Waals surface area contributed by atoms with Gasteiger partial charge in [0.2, 0.25) is 0 Å². The number of rotatable bonds is 14. The summed E-state index contributed by atoms with van der Waals surface area (Å²) in [6, 6.07) is 17.5. The zero-order valence-corrected chi connectivity index (χ0v) is 24.4. The normalized spacial score (nSPS) is 20.5. The monoisotopic (exact) mass is 561 g/mol. The van der Waals surface area contributed by atoms with Crippen LogP contribution in [0.3, 0.4) is 0 Å². The van der Waals surface area contributed by atoms with E-state index in [1.807, 2.05) is 55.5 Å². The van der Waals surface area contributed by atoms with Crippen LogP contribution >= 0.6 is 0 Å². The Morgan fingerprint density at radius 3 is 2.20 bits per heavy atom. The lowest BCUT2D eigenvalue weighted by Crippen LogP contribution is -2.53. The first-order chi connectivity index (χ1) is 20.0. The summed E-state index contributed by atoms with van der Waals surface area (Å²) in [6.45, 7) is 9.33. The Labute approximate surface area is 241 Å². The Balaban J connectivity index is 1.38. The highest BCUT2D eigenvalue weighted by atomic mass is 16.5. The number of nitrogens with zero attached hydrogens (tertiary/aromatic N) is 2. The molecule has 0 bridgehead atoms. The summed E-state index contributed by atoms with van der Waals surface area (Å²) >= 11 is 0. The number of hydrogen-bond acceptors (Lipinski definition) is 5. The van der Waals surface area contributed by atoms with Crippen LogP contribution in [0.15, 0.2) is 59.4 Å². The lowest BCUT2D eigenvalue weighted by atomic mass is 9.62. The molecule has 41 heavy (non-hydrogen) atoms. The minimum atomic E-state index is -0.886. The number of aromatic amines is 1. The molecule has 1 aliphatic rings. The molecule has 0 aliphatic heterocycles. The van der Waals surface area contributed by atoms with Crippen molar-refractivity contribution in [3.8, 4) is 5.69 Å². The van der Waals surface area contributed by atoms with Crippen molar-refractivity contribution in [3.05, 3.63) is 87.5 Å². The van der Waals surface area contributed by atoms with Crippen LogP contribution in [0.5, 0.6) is 0 Å². The maximum absolute atomic E-state index is 13.6. The summed E-state index contributed by atoms with van der Waals surface area (Å²) in [5.74, 6) is -1.15. The molecule has 2 aromatic heterocycles. The number of fused-ring (bicyclic) bond motifs is 1. The van der Waals surface area contributed by atoms with E-state index in [9.17, 15) is 15.0 Å². The van der Waals surface area contributed by atoms with Crippen molar-refractivity contribution in [2.45, 2.75) is 77.0 Å². The standard InChI is InChI=1S/C33H43N3O5/c1-4-6-18-40-20-21-41-19-17-35-22(3)27(24-15-10-11-16-26(24)35)29-31(37)30(32(29)38)28-25(12-5-2)34-36(33(28)39)23-13-8-7-9-14-23/h7-11,13-16,29-32,34,37-38H,4-6,12,17-21H2,1-3H3. The van der Waals surface area contributed by atoms with Gasteiger partial charge < -0.3 is 24.3 Å². The van der Waals surface area contributed by atoms with Gasteiger partial charge in [0.1, 0.15) is 0 Å². The number of benzene rings is 2. The van der Waals surface area contributed by atoms with Crippen molar-refractivity contribution in [2.75, 3.05) is 26.4 Å². The van der Waals surface area contributed by atoms with Gasteiger partial charge in [0.25, 0.3) is 5.56 Å². The van der Waals surface area contributed by atoms with Crippen molar-refractivity contribution >= 4 is 10.9 Å². The molecule has 0 spiro atoms. The first-order valence-corrected chi connectivity index (χ1v) is 15.0. The number of para-hydroxylation sites is 2. The maximum atomic E-state index is 13.6. The third-order valence-corrected chi connectivity index (χ3v) is 8.41. The second-order valence-corrected chi connectivity index (χ2v) is 11.0. The molecule has 2 unspecified atom stereocenters. The van der Waals surface area contributed by atoms with Crippen LogP contribution in [-0.4, -0.2) is 63.2 Å². The third kappa shape index (κ3) is 5.66. The lowest BCUT2D eigenvalue weighted by molar-refractivity contribution is -0.0789. The zero-order valence-electron chi connectivity index (χ0n) is 24.4. The number of H-pyrrole nitrogens is 1. The molecule has 8 nitrogen and oxygen atoms in total. The molecule has 2 aromatic carbocycles. The minimum Gasteiger partial charge on any atom is -0.392 e. The Morgan fingerprint density at radius 2 is 1.49 bits per heavy atom. The second-order valence-electron chi connectivity index (χ2n) is 11.0. The highest BCUT2D eigenvalue weighted by Crippen LogP contribution is 2.51. The fourth-order valence-corrected chi connectivity index (χ4v) is 6.32. The van der Waals surface area contributed by atoms with Crippen LogP contribution < -0.4 is 5.56 Å². The summed E-state index contributed by atoms with van der Waals surface area (Å²) in [4.78, 5) is 13.6. The van der Waals surface area contributed by atoms with E-state index in [0.29, 0.717) is 38.3 Å². The van der Waals surface area contributed by atoms with Gasteiger partial charge in [-0.25, -0.2) is 4.68 Å². The quantitative estimate of drug-likeness (QED) is 0.192. The molecule has 5 rings (SSSR count). The number of ether oxygens (including phenoxy) is 2. The van der Waals surface area contributed by atoms with Gasteiger partial charge in [0, 0.05) is 52.8 Å². The van der Waals surface area contributed by atoms with Crippen LogP contribution in [0.25, 0.3) is 16.6 Å². The largest absolute Gasteiger partial charge is 0.392 e. The number of aliphatic hydroxyl groups is 2. The summed E-state index contributed by atoms with van der Waals surface area (Å²) in [6.07, 6.45) is 1.90. The molecule has 0 radical (unpaired) electrons. The Kier molecular flexibility index (Phi) is 9.45. The average Bonchev–Trinajstić information content (AvgIpc) is 3.44. The molecular formula is C33H43N3O5. The van der Waals surface area contributed by atoms with Crippen LogP contribution in [0, 0.1) is 6.92 Å². The van der Waals surface area contributed by atoms with E-state index >= 15 is 0 Å². The zero-order chi connectivity index (χ0) is 28.9. The average molecular weight is 562 g/mol. The van der Waals surface area contributed by atoms with Gasteiger partial charge in [-0.15, -0.1) is 0 Å². The molecule has 220 valence electrons. The molecule has 2 atom stereocenters. The Bertz CT molecular complexity index is 1480. The first-order valence-electron chi connectivity index (χ1n) is 15.0. The minimum absolute atomic E-state index is 0.212. The van der Waals surface area contributed by atoms with Gasteiger partial charge in [-0.1, -0.05) is 63.1 Å². The molecule has 1 fully saturated rings. The van der Waals surface area contributed by atoms with Gasteiger partial charge in [-0.05, 0) is 43.5 Å². The molecule has 1 saturated carbocycles. The predicted octanol–water partition coefficient (Wildman–Crippen LogP) is 4.82. The number of unbranched alkanes of at least 4 members (excludes halogenated alkanes) is 1. The molecule has 0 amide bonds. The number of nitrogens with one attached hydrogen (secondary N) is 1. The smallest absolute Gasteiger partial charge is 0.275 e. The summed E-state index contributed by atoms with van der Waals surface area (Å²) < 4.78 is 15.2. The van der Waals surface area contributed by atoms with E-state index in [1.165, 1.54) is 4.68 Å². The van der Waals surface area contributed by atoms with E-state index in [-0.39, 0.29) is 5.56 Å². The molecule has 4 aromatic rings. The van der Waals surface area contributed by atoms with E-state index in [2.05, 4.69) is 29.6 Å². The van der Waals surface area contributed by atoms with E-state index in [4.69, 9.17) is 9.47 Å². The predicted molar refractivity (Wildman–Crippen MR) is 161 cm³/mol. The second kappa shape index (κ2) is 13.2. The van der Waals surface area contributed by atoms with E-state index in [1.54, 1.807) is 0 Å². The van der Waals surface area contributed by atoms with Crippen molar-refractivity contribution in [3.63, 3.8) is 0 Å². The van der Waals surface area contributed by atoms with Crippen LogP contribution in [-0.2, 0) is 22.4 Å². The van der Waals surface area contributed by atoms with Gasteiger partial charge in [-0.2, -0.15) is 0 Å². The topological polar surface area (TPSA) is 102 Å². The highest BCUT2D eigenvalue weighted by molar-refractivity contribution is 5.86. The van der Waals surface area contributed by atoms with Crippen molar-refractivity contribution in [2.24, 2.45) is 0 Å². The number of aliphatic hydroxyl groups excluding tert-OH is 2. The van der Waals surface area contributed by atoms with Crippen LogP contribution in [0.2, 0.25) is 0 Å². The summed E-state index contributed by atoms with van der Waals surface area (Å²) in [7, 11) is 0. The first kappa shape index (κ1) is 29.3. The fraction of sp³-hybridized carbons (Fsp3) is 0.485. The summed E-state index contributed by atoms with van der Waals surface area (Å²) in [5, 5.41) is 27.5. The van der Waals surface area contributed by atoms with Gasteiger partial charge in [-0.3, -0.25) is 9.89 Å². The molecule has 8 heteroatoms. The maximum Gasteiger partial charge on any atom is 0.275 e. The third-order valence-electron chi connectivity index (χ3n) is 8.41. The van der Waals surface area contributed by atoms with Gasteiger partial charge in [0.15, 0.2) is 0 Å². The SMILES string of the molecule is CCCCOCCOCCn1c(C)c(C2C(O)C(c3c(CCC)[nH]n(-c4ccccc4)c3=O)C2O)c2ccccc21. The lowest BCUT2D eigenvalue weighted by Gasteiger charge is -2.46. The fourth-order valence-electron chi connectivity index (χ4n) is 6.32. The Hall–Kier alpha value is -3.17. The molecule has 2 heterocycles. The van der Waals surface area contributed by atoms with Crippen molar-refractivity contribution in [1.82, 2.24) is 14.3 Å². The number of hydrogen-bond donors (Lipinski definition) is 3. The molecule has 1 aliphatic carbocycles. The van der Waals surface area contributed by atoms with Gasteiger partial charge >= 0.3 is 0 Å². The van der Waals surface area contributed by atoms with Crippen molar-refractivity contribution in [1.29, 1.82) is 0 Å². The van der Waals surface area contributed by atoms with Crippen LogP contribution in [0.4, 0.5) is 0 Å². The summed E-state index contributed by atoms with van der Waals surface area (Å²) in [5.41, 5.74) is 4.77. The number of aryl methyl sites for hydroxylation is 1. The molecule has 0 saturated heterocycles. The highest BCUT2D eigenvalue weighted by Gasteiger charge is 2.54. The molecule has 3 N–H and O–H groups in total. The van der Waals surface area contributed by atoms with Crippen LogP contribution in [0.1, 0.15) is 67.5 Å². The van der Waals surface area contributed by atoms with E-state index < -0.39 is 24.0 Å². The van der Waals surface area contributed by atoms with E-state index in [0.717, 1.165) is 59.4 Å². The molecular weight excluding hydrogens is 518 g/mol.